The van der Waals surface area contributed by atoms with Crippen LogP contribution in [0.15, 0.2) is 54.6 Å². The van der Waals surface area contributed by atoms with Gasteiger partial charge in [-0.3, -0.25) is 9.59 Å². The smallest absolute Gasteiger partial charge is 0.417 e. The Morgan fingerprint density at radius 1 is 0.963 bits per heavy atom. The molecule has 2 aromatic carbocycles. The van der Waals surface area contributed by atoms with E-state index < -0.39 is 6.09 Å². The molecule has 27 heavy (non-hydrogen) atoms. The van der Waals surface area contributed by atoms with Crippen molar-refractivity contribution in [1.29, 1.82) is 0 Å². The summed E-state index contributed by atoms with van der Waals surface area (Å²) in [6.07, 6.45) is -0.227. The van der Waals surface area contributed by atoms with Crippen molar-refractivity contribution in [3.8, 4) is 11.1 Å². The standard InChI is InChI=1S/C21H20N2O4/c24-19(22-11-16(12-22)13-23-20(25)14-27-21(23)26)10-15-6-8-18(9-7-15)17-4-2-1-3-5-17/h1-9,16H,10-14H2. The highest BCUT2D eigenvalue weighted by molar-refractivity contribution is 5.97. The second-order valence-corrected chi connectivity index (χ2v) is 6.96. The number of carbonyl (C=O) groups excluding carboxylic acids is 3. The van der Waals surface area contributed by atoms with Crippen LogP contribution in [0.2, 0.25) is 0 Å². The van der Waals surface area contributed by atoms with Gasteiger partial charge in [0.25, 0.3) is 5.91 Å². The van der Waals surface area contributed by atoms with Crippen LogP contribution in [0.25, 0.3) is 11.1 Å². The summed E-state index contributed by atoms with van der Waals surface area (Å²) in [5, 5.41) is 0. The van der Waals surface area contributed by atoms with Crippen molar-refractivity contribution >= 4 is 17.9 Å². The minimum Gasteiger partial charge on any atom is -0.439 e. The molecule has 0 atom stereocenters. The van der Waals surface area contributed by atoms with Crippen LogP contribution in [-0.2, 0) is 20.7 Å². The fourth-order valence-corrected chi connectivity index (χ4v) is 3.44. The van der Waals surface area contributed by atoms with Crippen molar-refractivity contribution in [3.63, 3.8) is 0 Å². The molecule has 2 aliphatic heterocycles. The number of imide groups is 1. The number of hydrogen-bond acceptors (Lipinski definition) is 4. The zero-order valence-corrected chi connectivity index (χ0v) is 14.8. The van der Waals surface area contributed by atoms with E-state index in [4.69, 9.17) is 4.74 Å². The van der Waals surface area contributed by atoms with Crippen LogP contribution in [0.3, 0.4) is 0 Å². The lowest BCUT2D eigenvalue weighted by molar-refractivity contribution is -0.137. The molecule has 2 heterocycles. The average molecular weight is 364 g/mol. The van der Waals surface area contributed by atoms with E-state index in [-0.39, 0.29) is 24.3 Å². The number of carbonyl (C=O) groups is 3. The van der Waals surface area contributed by atoms with E-state index in [1.54, 1.807) is 4.90 Å². The van der Waals surface area contributed by atoms with Gasteiger partial charge in [0.1, 0.15) is 0 Å². The van der Waals surface area contributed by atoms with Crippen molar-refractivity contribution in [2.75, 3.05) is 26.2 Å². The molecule has 0 N–H and O–H groups in total. The zero-order valence-electron chi connectivity index (χ0n) is 14.8. The molecule has 0 unspecified atom stereocenters. The third-order valence-electron chi connectivity index (χ3n) is 5.01. The zero-order chi connectivity index (χ0) is 18.8. The van der Waals surface area contributed by atoms with Crippen molar-refractivity contribution in [1.82, 2.24) is 9.80 Å². The molecular weight excluding hydrogens is 344 g/mol. The van der Waals surface area contributed by atoms with Gasteiger partial charge in [0.05, 0.1) is 6.42 Å². The Bertz CT molecular complexity index is 842. The first-order valence-corrected chi connectivity index (χ1v) is 8.99. The van der Waals surface area contributed by atoms with Gasteiger partial charge in [-0.1, -0.05) is 54.6 Å². The van der Waals surface area contributed by atoms with Gasteiger partial charge >= 0.3 is 6.09 Å². The average Bonchev–Trinajstić information content (AvgIpc) is 2.97. The van der Waals surface area contributed by atoms with Crippen molar-refractivity contribution in [2.45, 2.75) is 6.42 Å². The van der Waals surface area contributed by atoms with Crippen LogP contribution in [0.5, 0.6) is 0 Å². The molecule has 0 radical (unpaired) electrons. The Labute approximate surface area is 157 Å². The second kappa shape index (κ2) is 7.23. The van der Waals surface area contributed by atoms with E-state index in [1.165, 1.54) is 0 Å². The first-order valence-electron chi connectivity index (χ1n) is 8.99. The van der Waals surface area contributed by atoms with Crippen LogP contribution in [0.4, 0.5) is 4.79 Å². The number of cyclic esters (lactones) is 1. The maximum atomic E-state index is 12.4. The summed E-state index contributed by atoms with van der Waals surface area (Å²) in [6.45, 7) is 1.29. The fourth-order valence-electron chi connectivity index (χ4n) is 3.44. The monoisotopic (exact) mass is 364 g/mol. The van der Waals surface area contributed by atoms with E-state index in [0.717, 1.165) is 21.6 Å². The quantitative estimate of drug-likeness (QED) is 0.817. The largest absolute Gasteiger partial charge is 0.439 e. The first-order chi connectivity index (χ1) is 13.1. The van der Waals surface area contributed by atoms with Crippen LogP contribution < -0.4 is 0 Å². The Morgan fingerprint density at radius 3 is 2.26 bits per heavy atom. The molecule has 0 saturated carbocycles. The minimum atomic E-state index is -0.580. The maximum absolute atomic E-state index is 12.4. The number of nitrogens with zero attached hydrogens (tertiary/aromatic N) is 2. The molecule has 138 valence electrons. The fraction of sp³-hybridized carbons (Fsp3) is 0.286. The van der Waals surface area contributed by atoms with Gasteiger partial charge in [-0.15, -0.1) is 0 Å². The lowest BCUT2D eigenvalue weighted by Gasteiger charge is -2.40. The predicted molar refractivity (Wildman–Crippen MR) is 98.7 cm³/mol. The Hall–Kier alpha value is -3.15. The molecule has 4 rings (SSSR count). The van der Waals surface area contributed by atoms with Crippen LogP contribution in [-0.4, -0.2) is 53.9 Å². The Kier molecular flexibility index (Phi) is 4.62. The number of ether oxygens (including phenoxy) is 1. The lowest BCUT2D eigenvalue weighted by atomic mass is 9.97. The number of likely N-dealkylation sites (tertiary alicyclic amines) is 1. The molecule has 2 aliphatic rings. The summed E-state index contributed by atoms with van der Waals surface area (Å²) >= 11 is 0. The van der Waals surface area contributed by atoms with E-state index >= 15 is 0 Å². The van der Waals surface area contributed by atoms with Gasteiger partial charge in [-0.2, -0.15) is 0 Å². The van der Waals surface area contributed by atoms with Crippen LogP contribution in [0.1, 0.15) is 5.56 Å². The highest BCUT2D eigenvalue weighted by Gasteiger charge is 2.38. The van der Waals surface area contributed by atoms with Gasteiger partial charge in [0.2, 0.25) is 5.91 Å². The summed E-state index contributed by atoms with van der Waals surface area (Å²) < 4.78 is 4.70. The highest BCUT2D eigenvalue weighted by atomic mass is 16.6. The molecule has 6 nitrogen and oxygen atoms in total. The van der Waals surface area contributed by atoms with E-state index in [2.05, 4.69) is 12.1 Å². The number of benzene rings is 2. The molecule has 2 fully saturated rings. The molecule has 2 aromatic rings. The van der Waals surface area contributed by atoms with Gasteiger partial charge in [-0.05, 0) is 16.7 Å². The predicted octanol–water partition coefficient (Wildman–Crippen LogP) is 2.33. The second-order valence-electron chi connectivity index (χ2n) is 6.96. The Morgan fingerprint density at radius 2 is 1.63 bits per heavy atom. The lowest BCUT2D eigenvalue weighted by Crippen LogP contribution is -2.54. The number of amides is 3. The first kappa shape index (κ1) is 17.3. The SMILES string of the molecule is O=C(Cc1ccc(-c2ccccc2)cc1)N1CC(CN2C(=O)COC2=O)C1. The molecule has 6 heteroatoms. The maximum Gasteiger partial charge on any atom is 0.417 e. The van der Waals surface area contributed by atoms with E-state index in [1.807, 2.05) is 42.5 Å². The molecular formula is C21H20N2O4. The summed E-state index contributed by atoms with van der Waals surface area (Å²) in [4.78, 5) is 38.3. The van der Waals surface area contributed by atoms with Crippen molar-refractivity contribution < 1.29 is 19.1 Å². The normalized spacial score (nSPS) is 17.0. The Balaban J connectivity index is 1.28. The molecule has 0 aliphatic carbocycles. The van der Waals surface area contributed by atoms with E-state index in [9.17, 15) is 14.4 Å². The number of hydrogen-bond donors (Lipinski definition) is 0. The van der Waals surface area contributed by atoms with Gasteiger partial charge in [0.15, 0.2) is 6.61 Å². The molecule has 2 saturated heterocycles. The third kappa shape index (κ3) is 3.69. The summed E-state index contributed by atoms with van der Waals surface area (Å²) in [7, 11) is 0. The molecule has 0 spiro atoms. The summed E-state index contributed by atoms with van der Waals surface area (Å²) in [5.74, 6) is -0.110. The van der Waals surface area contributed by atoms with Crippen molar-refractivity contribution in [2.24, 2.45) is 5.92 Å². The van der Waals surface area contributed by atoms with E-state index in [0.29, 0.717) is 26.1 Å². The number of rotatable bonds is 5. The van der Waals surface area contributed by atoms with Gasteiger partial charge < -0.3 is 9.64 Å². The summed E-state index contributed by atoms with van der Waals surface area (Å²) in [5.41, 5.74) is 3.25. The minimum absolute atomic E-state index is 0.0639. The van der Waals surface area contributed by atoms with Gasteiger partial charge in [0, 0.05) is 25.6 Å². The van der Waals surface area contributed by atoms with Gasteiger partial charge in [-0.25, -0.2) is 9.69 Å². The molecule has 0 aromatic heterocycles. The summed E-state index contributed by atoms with van der Waals surface area (Å²) in [6, 6.07) is 18.1. The van der Waals surface area contributed by atoms with Crippen LogP contribution in [0, 0.1) is 5.92 Å². The van der Waals surface area contributed by atoms with Crippen molar-refractivity contribution in [3.05, 3.63) is 60.2 Å². The van der Waals surface area contributed by atoms with Crippen LogP contribution >= 0.6 is 0 Å². The topological polar surface area (TPSA) is 66.9 Å². The highest BCUT2D eigenvalue weighted by Crippen LogP contribution is 2.22. The molecule has 3 amide bonds. The molecule has 0 bridgehead atoms. The third-order valence-corrected chi connectivity index (χ3v) is 5.01.